The number of piperidine rings is 1. The van der Waals surface area contributed by atoms with Crippen molar-refractivity contribution in [2.75, 3.05) is 32.8 Å². The summed E-state index contributed by atoms with van der Waals surface area (Å²) in [5, 5.41) is 12.0. The van der Waals surface area contributed by atoms with E-state index in [0.29, 0.717) is 38.3 Å². The molecule has 1 unspecified atom stereocenters. The predicted octanol–water partition coefficient (Wildman–Crippen LogP) is 1.54. The zero-order chi connectivity index (χ0) is 26.2. The first-order valence-electron chi connectivity index (χ1n) is 12.3. The molecule has 0 saturated carbocycles. The normalized spacial score (nSPS) is 21.6. The molecule has 3 heterocycles. The lowest BCUT2D eigenvalue weighted by molar-refractivity contribution is -0.135. The van der Waals surface area contributed by atoms with Gasteiger partial charge in [0.1, 0.15) is 6.04 Å². The molecule has 2 aromatic rings. The van der Waals surface area contributed by atoms with E-state index in [1.165, 1.54) is 9.47 Å². The van der Waals surface area contributed by atoms with Gasteiger partial charge in [0.05, 0.1) is 30.3 Å². The largest absolute Gasteiger partial charge is 0.465 e. The molecule has 0 spiro atoms. The number of ether oxygens (including phenoxy) is 1. The van der Waals surface area contributed by atoms with Crippen LogP contribution in [-0.4, -0.2) is 80.8 Å². The average Bonchev–Trinajstić information content (AvgIpc) is 3.04. The molecule has 2 saturated heterocycles. The number of nitrogens with zero attached hydrogens (tertiary/aromatic N) is 4. The van der Waals surface area contributed by atoms with E-state index in [0.717, 1.165) is 11.1 Å². The Kier molecular flexibility index (Phi) is 7.24. The van der Waals surface area contributed by atoms with Crippen LogP contribution in [0.3, 0.4) is 0 Å². The molecule has 2 fully saturated rings. The van der Waals surface area contributed by atoms with Gasteiger partial charge >= 0.3 is 11.8 Å². The Hall–Kier alpha value is -3.18. The fourth-order valence-electron chi connectivity index (χ4n) is 5.18. The first kappa shape index (κ1) is 25.9. The van der Waals surface area contributed by atoms with E-state index in [1.807, 2.05) is 39.0 Å². The molecule has 11 nitrogen and oxygen atoms in total. The van der Waals surface area contributed by atoms with Gasteiger partial charge in [-0.15, -0.1) is 0 Å². The number of hydrogen-bond donors (Lipinski definition) is 2. The Balaban J connectivity index is 1.55. The third-order valence-corrected chi connectivity index (χ3v) is 6.68. The van der Waals surface area contributed by atoms with Crippen molar-refractivity contribution in [2.45, 2.75) is 52.3 Å². The smallest absolute Gasteiger partial charge is 0.407 e. The number of imidazole rings is 1. The summed E-state index contributed by atoms with van der Waals surface area (Å²) >= 11 is 0. The molecular formula is C25H35N5O6. The van der Waals surface area contributed by atoms with Crippen LogP contribution in [0.5, 0.6) is 0 Å². The number of carbonyl (C=O) groups excluding carboxylic acids is 2. The van der Waals surface area contributed by atoms with Crippen molar-refractivity contribution in [3.63, 3.8) is 0 Å². The van der Waals surface area contributed by atoms with Crippen molar-refractivity contribution in [2.24, 2.45) is 12.5 Å². The molecule has 1 aromatic heterocycles. The summed E-state index contributed by atoms with van der Waals surface area (Å²) in [5.41, 5.74) is 1.87. The van der Waals surface area contributed by atoms with Crippen LogP contribution in [0.2, 0.25) is 0 Å². The number of amides is 3. The standard InChI is InChI=1S/C25H35N5O6/c1-25(2,3)15-29(24(34)35)14-17-13-28(10-11-36-17)12-16-6-5-7-18-21(16)27(4)23(33)30(18)19-8-9-20(31)26-22(19)32/h5-7,17,19H,8-15H2,1-4H3,(H,34,35)(H,26,31,32)/t17-,19?/m1/s1. The topological polar surface area (TPSA) is 126 Å². The number of imide groups is 1. The lowest BCUT2D eigenvalue weighted by Crippen LogP contribution is -2.49. The molecule has 1 aromatic carbocycles. The molecule has 0 bridgehead atoms. The number of para-hydroxylation sites is 1. The summed E-state index contributed by atoms with van der Waals surface area (Å²) in [4.78, 5) is 52.7. The van der Waals surface area contributed by atoms with Crippen LogP contribution in [0.1, 0.15) is 45.2 Å². The molecule has 2 aliphatic heterocycles. The maximum atomic E-state index is 13.2. The van der Waals surface area contributed by atoms with E-state index in [9.17, 15) is 24.3 Å². The van der Waals surface area contributed by atoms with Crippen molar-refractivity contribution in [3.8, 4) is 0 Å². The van der Waals surface area contributed by atoms with Gasteiger partial charge < -0.3 is 14.7 Å². The maximum absolute atomic E-state index is 13.2. The van der Waals surface area contributed by atoms with E-state index in [1.54, 1.807) is 11.6 Å². The van der Waals surface area contributed by atoms with Crippen molar-refractivity contribution in [1.82, 2.24) is 24.3 Å². The van der Waals surface area contributed by atoms with E-state index in [4.69, 9.17) is 4.74 Å². The summed E-state index contributed by atoms with van der Waals surface area (Å²) in [7, 11) is 1.69. The highest BCUT2D eigenvalue weighted by atomic mass is 16.5. The first-order chi connectivity index (χ1) is 16.9. The van der Waals surface area contributed by atoms with Crippen molar-refractivity contribution < 1.29 is 24.2 Å². The molecule has 196 valence electrons. The Labute approximate surface area is 209 Å². The Morgan fingerprint density at radius 2 is 2.00 bits per heavy atom. The van der Waals surface area contributed by atoms with Gasteiger partial charge in [0.15, 0.2) is 0 Å². The quantitative estimate of drug-likeness (QED) is 0.575. The average molecular weight is 502 g/mol. The van der Waals surface area contributed by atoms with Gasteiger partial charge in [-0.3, -0.25) is 28.9 Å². The van der Waals surface area contributed by atoms with Crippen LogP contribution in [-0.2, 0) is 27.9 Å². The van der Waals surface area contributed by atoms with E-state index in [2.05, 4.69) is 10.2 Å². The highest BCUT2D eigenvalue weighted by Crippen LogP contribution is 2.26. The fourth-order valence-corrected chi connectivity index (χ4v) is 5.18. The predicted molar refractivity (Wildman–Crippen MR) is 133 cm³/mol. The summed E-state index contributed by atoms with van der Waals surface area (Å²) < 4.78 is 8.94. The van der Waals surface area contributed by atoms with Crippen LogP contribution in [0.25, 0.3) is 11.0 Å². The number of aromatic nitrogens is 2. The summed E-state index contributed by atoms with van der Waals surface area (Å²) in [6.07, 6.45) is -0.738. The maximum Gasteiger partial charge on any atom is 0.407 e. The van der Waals surface area contributed by atoms with Crippen LogP contribution >= 0.6 is 0 Å². The molecular weight excluding hydrogens is 466 g/mol. The summed E-state index contributed by atoms with van der Waals surface area (Å²) in [5.74, 6) is -0.781. The van der Waals surface area contributed by atoms with Crippen LogP contribution in [0, 0.1) is 5.41 Å². The molecule has 4 rings (SSSR count). The number of rotatable bonds is 6. The van der Waals surface area contributed by atoms with Crippen molar-refractivity contribution >= 4 is 28.9 Å². The fraction of sp³-hybridized carbons (Fsp3) is 0.600. The SMILES string of the molecule is Cn1c(=O)n(C2CCC(=O)NC2=O)c2cccc(CN3CCO[C@@H](CN(CC(C)(C)C)C(=O)O)C3)c21. The van der Waals surface area contributed by atoms with Crippen LogP contribution < -0.4 is 11.0 Å². The highest BCUT2D eigenvalue weighted by Gasteiger charge is 2.32. The zero-order valence-electron chi connectivity index (χ0n) is 21.3. The second-order valence-electron chi connectivity index (χ2n) is 10.9. The molecule has 3 amide bonds. The van der Waals surface area contributed by atoms with Gasteiger partial charge in [0.25, 0.3) is 0 Å². The lowest BCUT2D eigenvalue weighted by atomic mass is 9.96. The summed E-state index contributed by atoms with van der Waals surface area (Å²) in [6.45, 7) is 8.99. The van der Waals surface area contributed by atoms with Gasteiger partial charge in [-0.05, 0) is 23.5 Å². The van der Waals surface area contributed by atoms with Gasteiger partial charge in [-0.1, -0.05) is 32.9 Å². The second-order valence-corrected chi connectivity index (χ2v) is 10.9. The van der Waals surface area contributed by atoms with Crippen molar-refractivity contribution in [3.05, 3.63) is 34.2 Å². The monoisotopic (exact) mass is 501 g/mol. The third-order valence-electron chi connectivity index (χ3n) is 6.68. The van der Waals surface area contributed by atoms with Crippen LogP contribution in [0.4, 0.5) is 4.79 Å². The number of carbonyl (C=O) groups is 3. The van der Waals surface area contributed by atoms with Gasteiger partial charge in [-0.25, -0.2) is 9.59 Å². The minimum absolute atomic E-state index is 0.164. The molecule has 36 heavy (non-hydrogen) atoms. The molecule has 0 radical (unpaired) electrons. The Bertz CT molecular complexity index is 1230. The van der Waals surface area contributed by atoms with E-state index >= 15 is 0 Å². The number of aryl methyl sites for hydroxylation is 1. The van der Waals surface area contributed by atoms with Gasteiger partial charge in [0.2, 0.25) is 11.8 Å². The molecule has 11 heteroatoms. The zero-order valence-corrected chi connectivity index (χ0v) is 21.3. The van der Waals surface area contributed by atoms with Gasteiger partial charge in [-0.2, -0.15) is 0 Å². The minimum Gasteiger partial charge on any atom is -0.465 e. The number of hydrogen-bond acceptors (Lipinski definition) is 6. The number of morpholine rings is 1. The number of fused-ring (bicyclic) bond motifs is 1. The van der Waals surface area contributed by atoms with Gasteiger partial charge in [0, 0.05) is 39.6 Å². The third kappa shape index (κ3) is 5.46. The first-order valence-corrected chi connectivity index (χ1v) is 12.3. The molecule has 2 atom stereocenters. The molecule has 2 N–H and O–H groups in total. The second kappa shape index (κ2) is 10.1. The number of nitrogens with one attached hydrogen (secondary N) is 1. The van der Waals surface area contributed by atoms with E-state index in [-0.39, 0.29) is 42.5 Å². The minimum atomic E-state index is -0.958. The number of carboxylic acid groups (broad SMARTS) is 1. The van der Waals surface area contributed by atoms with E-state index < -0.39 is 18.0 Å². The Morgan fingerprint density at radius 3 is 2.67 bits per heavy atom. The molecule has 2 aliphatic rings. The summed E-state index contributed by atoms with van der Waals surface area (Å²) in [6, 6.07) is 4.92. The molecule has 0 aliphatic carbocycles. The highest BCUT2D eigenvalue weighted by molar-refractivity contribution is 6.00. The number of benzene rings is 1. The van der Waals surface area contributed by atoms with Crippen LogP contribution in [0.15, 0.2) is 23.0 Å². The Morgan fingerprint density at radius 1 is 1.25 bits per heavy atom. The van der Waals surface area contributed by atoms with Crippen molar-refractivity contribution in [1.29, 1.82) is 0 Å². The lowest BCUT2D eigenvalue weighted by Gasteiger charge is -2.36.